The van der Waals surface area contributed by atoms with Crippen molar-refractivity contribution in [2.45, 2.75) is 32.6 Å². The van der Waals surface area contributed by atoms with Gasteiger partial charge >= 0.3 is 0 Å². The van der Waals surface area contributed by atoms with Crippen LogP contribution >= 0.6 is 0 Å². The molecule has 2 nitrogen and oxygen atoms in total. The van der Waals surface area contributed by atoms with Crippen molar-refractivity contribution in [2.24, 2.45) is 5.73 Å². The lowest BCUT2D eigenvalue weighted by Gasteiger charge is -2.22. The fraction of sp³-hybridized carbons (Fsp3) is 0.417. The Hall–Kier alpha value is -1.31. The standard InChI is InChI=1S/C11H16.CH3NO/c1-4-11(2,3)10-8-6-5-7-9-10;2-1-3/h5-9H,4H2,1-3H3;1H,(H2,2,3). The first-order chi connectivity index (χ1) is 6.58. The Morgan fingerprint density at radius 2 is 1.71 bits per heavy atom. The van der Waals surface area contributed by atoms with Crippen LogP contribution in [0.5, 0.6) is 0 Å². The summed E-state index contributed by atoms with van der Waals surface area (Å²) in [5.74, 6) is 0. The summed E-state index contributed by atoms with van der Waals surface area (Å²) in [6, 6.07) is 10.7. The quantitative estimate of drug-likeness (QED) is 0.720. The monoisotopic (exact) mass is 193 g/mol. The van der Waals surface area contributed by atoms with Gasteiger partial charge < -0.3 is 5.73 Å². The number of rotatable bonds is 2. The molecule has 1 rings (SSSR count). The third kappa shape index (κ3) is 4.08. The number of benzene rings is 1. The van der Waals surface area contributed by atoms with Crippen LogP contribution < -0.4 is 5.73 Å². The van der Waals surface area contributed by atoms with Crippen molar-refractivity contribution in [3.63, 3.8) is 0 Å². The van der Waals surface area contributed by atoms with Gasteiger partial charge in [-0.2, -0.15) is 0 Å². The van der Waals surface area contributed by atoms with Crippen molar-refractivity contribution in [3.05, 3.63) is 35.9 Å². The second kappa shape index (κ2) is 6.19. The van der Waals surface area contributed by atoms with Crippen LogP contribution in [0.4, 0.5) is 0 Å². The molecule has 0 saturated carbocycles. The fourth-order valence-corrected chi connectivity index (χ4v) is 1.09. The molecule has 0 heterocycles. The van der Waals surface area contributed by atoms with E-state index in [1.54, 1.807) is 0 Å². The number of carbonyl (C=O) groups excluding carboxylic acids is 1. The van der Waals surface area contributed by atoms with Gasteiger partial charge in [0.2, 0.25) is 6.41 Å². The highest BCUT2D eigenvalue weighted by Crippen LogP contribution is 2.25. The van der Waals surface area contributed by atoms with Crippen molar-refractivity contribution in [2.75, 3.05) is 0 Å². The van der Waals surface area contributed by atoms with Crippen LogP contribution in [-0.4, -0.2) is 6.41 Å². The van der Waals surface area contributed by atoms with Crippen LogP contribution in [0.15, 0.2) is 30.3 Å². The molecular formula is C12H19NO. The molecule has 78 valence electrons. The first kappa shape index (κ1) is 12.7. The van der Waals surface area contributed by atoms with E-state index in [1.165, 1.54) is 12.0 Å². The maximum atomic E-state index is 8.58. The van der Waals surface area contributed by atoms with Crippen molar-refractivity contribution in [3.8, 4) is 0 Å². The first-order valence-corrected chi connectivity index (χ1v) is 4.79. The molecule has 0 fully saturated rings. The highest BCUT2D eigenvalue weighted by molar-refractivity contribution is 5.42. The van der Waals surface area contributed by atoms with E-state index >= 15 is 0 Å². The van der Waals surface area contributed by atoms with E-state index in [9.17, 15) is 0 Å². The Morgan fingerprint density at radius 1 is 1.29 bits per heavy atom. The van der Waals surface area contributed by atoms with E-state index in [4.69, 9.17) is 4.79 Å². The Balaban J connectivity index is 0.000000500. The van der Waals surface area contributed by atoms with Crippen LogP contribution in [-0.2, 0) is 10.2 Å². The smallest absolute Gasteiger partial charge is 0.204 e. The minimum absolute atomic E-state index is 0.250. The Kier molecular flexibility index (Phi) is 5.61. The van der Waals surface area contributed by atoms with Crippen LogP contribution in [0.1, 0.15) is 32.8 Å². The highest BCUT2D eigenvalue weighted by Gasteiger charge is 2.16. The second-order valence-corrected chi connectivity index (χ2v) is 3.74. The van der Waals surface area contributed by atoms with E-state index < -0.39 is 0 Å². The summed E-state index contributed by atoms with van der Waals surface area (Å²) in [7, 11) is 0. The van der Waals surface area contributed by atoms with E-state index in [2.05, 4.69) is 56.8 Å². The molecule has 1 aromatic rings. The third-order valence-electron chi connectivity index (χ3n) is 2.44. The Labute approximate surface area is 86.1 Å². The van der Waals surface area contributed by atoms with Gasteiger partial charge in [0.1, 0.15) is 0 Å². The lowest BCUT2D eigenvalue weighted by atomic mass is 9.82. The third-order valence-corrected chi connectivity index (χ3v) is 2.44. The molecule has 0 atom stereocenters. The van der Waals surface area contributed by atoms with Gasteiger partial charge in [-0.05, 0) is 17.4 Å². The topological polar surface area (TPSA) is 43.1 Å². The zero-order valence-electron chi connectivity index (χ0n) is 9.16. The van der Waals surface area contributed by atoms with Gasteiger partial charge in [-0.1, -0.05) is 51.1 Å². The molecule has 0 saturated heterocycles. The zero-order valence-corrected chi connectivity index (χ0v) is 9.16. The molecule has 0 aliphatic carbocycles. The van der Waals surface area contributed by atoms with Crippen LogP contribution in [0.3, 0.4) is 0 Å². The number of primary amides is 1. The minimum Gasteiger partial charge on any atom is -0.372 e. The summed E-state index contributed by atoms with van der Waals surface area (Å²) in [6.45, 7) is 6.79. The van der Waals surface area contributed by atoms with Gasteiger partial charge in [0, 0.05) is 0 Å². The Morgan fingerprint density at radius 3 is 2.07 bits per heavy atom. The van der Waals surface area contributed by atoms with Gasteiger partial charge in [0.25, 0.3) is 0 Å². The van der Waals surface area contributed by atoms with Crippen LogP contribution in [0, 0.1) is 0 Å². The first-order valence-electron chi connectivity index (χ1n) is 4.79. The number of amides is 1. The minimum atomic E-state index is 0.250. The summed E-state index contributed by atoms with van der Waals surface area (Å²) in [6.07, 6.45) is 1.44. The van der Waals surface area contributed by atoms with E-state index in [1.807, 2.05) is 0 Å². The van der Waals surface area contributed by atoms with Crippen molar-refractivity contribution < 1.29 is 4.79 Å². The normalized spacial score (nSPS) is 9.93. The molecule has 14 heavy (non-hydrogen) atoms. The molecule has 1 aromatic carbocycles. The molecule has 0 aliphatic heterocycles. The van der Waals surface area contributed by atoms with E-state index in [0.29, 0.717) is 5.41 Å². The largest absolute Gasteiger partial charge is 0.372 e. The second-order valence-electron chi connectivity index (χ2n) is 3.74. The van der Waals surface area contributed by atoms with Crippen molar-refractivity contribution in [1.82, 2.24) is 0 Å². The number of hydrogen-bond acceptors (Lipinski definition) is 1. The predicted molar refractivity (Wildman–Crippen MR) is 60.0 cm³/mol. The van der Waals surface area contributed by atoms with E-state index in [-0.39, 0.29) is 6.41 Å². The van der Waals surface area contributed by atoms with Crippen LogP contribution in [0.2, 0.25) is 0 Å². The number of hydrogen-bond donors (Lipinski definition) is 1. The summed E-state index contributed by atoms with van der Waals surface area (Å²) in [5, 5.41) is 0. The van der Waals surface area contributed by atoms with Crippen molar-refractivity contribution in [1.29, 1.82) is 0 Å². The maximum Gasteiger partial charge on any atom is 0.204 e. The van der Waals surface area contributed by atoms with Gasteiger partial charge in [0.15, 0.2) is 0 Å². The number of carbonyl (C=O) groups is 1. The molecule has 0 spiro atoms. The highest BCUT2D eigenvalue weighted by atomic mass is 16.1. The lowest BCUT2D eigenvalue weighted by Crippen LogP contribution is -2.14. The SMILES string of the molecule is CCC(C)(C)c1ccccc1.NC=O. The predicted octanol–water partition coefficient (Wildman–Crippen LogP) is 2.48. The maximum absolute atomic E-state index is 8.58. The summed E-state index contributed by atoms with van der Waals surface area (Å²) in [4.78, 5) is 8.58. The van der Waals surface area contributed by atoms with Gasteiger partial charge in [-0.3, -0.25) is 4.79 Å². The molecule has 0 radical (unpaired) electrons. The lowest BCUT2D eigenvalue weighted by molar-refractivity contribution is -0.106. The average molecular weight is 193 g/mol. The van der Waals surface area contributed by atoms with E-state index in [0.717, 1.165) is 0 Å². The zero-order chi connectivity index (χ0) is 11.0. The Bertz CT molecular complexity index is 254. The molecule has 0 aromatic heterocycles. The van der Waals surface area contributed by atoms with Crippen LogP contribution in [0.25, 0.3) is 0 Å². The van der Waals surface area contributed by atoms with Gasteiger partial charge in [0.05, 0.1) is 0 Å². The molecule has 2 N–H and O–H groups in total. The molecule has 0 aliphatic rings. The molecule has 0 unspecified atom stereocenters. The average Bonchev–Trinajstić information content (AvgIpc) is 2.20. The summed E-state index contributed by atoms with van der Waals surface area (Å²) in [5.41, 5.74) is 5.93. The summed E-state index contributed by atoms with van der Waals surface area (Å²) >= 11 is 0. The molecule has 0 bridgehead atoms. The molecule has 1 amide bonds. The van der Waals surface area contributed by atoms with Crippen molar-refractivity contribution >= 4 is 6.41 Å². The van der Waals surface area contributed by atoms with Gasteiger partial charge in [-0.25, -0.2) is 0 Å². The summed E-state index contributed by atoms with van der Waals surface area (Å²) < 4.78 is 0. The number of nitrogens with two attached hydrogens (primary N) is 1. The molecular weight excluding hydrogens is 174 g/mol. The molecule has 2 heteroatoms. The fourth-order valence-electron chi connectivity index (χ4n) is 1.09. The van der Waals surface area contributed by atoms with Gasteiger partial charge in [-0.15, -0.1) is 0 Å².